The summed E-state index contributed by atoms with van der Waals surface area (Å²) in [6, 6.07) is 11.2. The van der Waals surface area contributed by atoms with Gasteiger partial charge in [-0.25, -0.2) is 13.4 Å². The van der Waals surface area contributed by atoms with E-state index in [0.29, 0.717) is 49.6 Å². The fourth-order valence-electron chi connectivity index (χ4n) is 3.34. The third kappa shape index (κ3) is 6.25. The lowest BCUT2D eigenvalue weighted by molar-refractivity contribution is 0.319. The van der Waals surface area contributed by atoms with Crippen molar-refractivity contribution in [3.63, 3.8) is 0 Å². The standard InChI is InChI=1S/C22H30N4O4S.HI/c1-5-29-18-8-6-7-9-19(18)30-20-11-10-17(14-24-20)15-25-21(23-4)26-12-13-31(27,28)22(2,3)16-26;/h6-11,14H,5,12-13,15-16H2,1-4H3,(H,23,25);1H. The zero-order valence-corrected chi connectivity index (χ0v) is 22.0. The molecule has 0 amide bonds. The van der Waals surface area contributed by atoms with Crippen molar-refractivity contribution in [2.45, 2.75) is 32.1 Å². The molecule has 1 aliphatic rings. The summed E-state index contributed by atoms with van der Waals surface area (Å²) in [5.74, 6) is 2.56. The molecule has 0 aliphatic carbocycles. The number of nitrogens with zero attached hydrogens (tertiary/aromatic N) is 3. The minimum absolute atomic E-state index is 0. The van der Waals surface area contributed by atoms with Crippen LogP contribution in [0.1, 0.15) is 26.3 Å². The van der Waals surface area contributed by atoms with Crippen LogP contribution >= 0.6 is 24.0 Å². The molecule has 1 aromatic heterocycles. The number of guanidine groups is 1. The first-order chi connectivity index (χ1) is 14.8. The zero-order chi connectivity index (χ0) is 22.5. The van der Waals surface area contributed by atoms with Crippen LogP contribution in [0.15, 0.2) is 47.6 Å². The fraction of sp³-hybridized carbons (Fsp3) is 0.455. The molecule has 2 aromatic rings. The maximum Gasteiger partial charge on any atom is 0.219 e. The van der Waals surface area contributed by atoms with Crippen LogP contribution in [0.3, 0.4) is 0 Å². The normalized spacial score (nSPS) is 17.2. The largest absolute Gasteiger partial charge is 0.490 e. The van der Waals surface area contributed by atoms with E-state index in [4.69, 9.17) is 9.47 Å². The van der Waals surface area contributed by atoms with Gasteiger partial charge < -0.3 is 19.7 Å². The molecule has 10 heteroatoms. The summed E-state index contributed by atoms with van der Waals surface area (Å²) in [5, 5.41) is 3.30. The number of halogens is 1. The second-order valence-electron chi connectivity index (χ2n) is 7.89. The van der Waals surface area contributed by atoms with Gasteiger partial charge in [0, 0.05) is 38.9 Å². The Hall–Kier alpha value is -2.08. The van der Waals surface area contributed by atoms with E-state index in [-0.39, 0.29) is 29.7 Å². The van der Waals surface area contributed by atoms with E-state index >= 15 is 0 Å². The van der Waals surface area contributed by atoms with Crippen molar-refractivity contribution in [2.24, 2.45) is 4.99 Å². The average molecular weight is 574 g/mol. The molecule has 0 atom stereocenters. The number of para-hydroxylation sites is 2. The Morgan fingerprint density at radius 1 is 1.22 bits per heavy atom. The molecule has 8 nitrogen and oxygen atoms in total. The Morgan fingerprint density at radius 2 is 1.94 bits per heavy atom. The maximum atomic E-state index is 12.2. The number of nitrogens with one attached hydrogen (secondary N) is 1. The minimum atomic E-state index is -3.10. The van der Waals surface area contributed by atoms with E-state index in [9.17, 15) is 8.42 Å². The Morgan fingerprint density at radius 3 is 2.53 bits per heavy atom. The number of benzene rings is 1. The topological polar surface area (TPSA) is 93.1 Å². The smallest absolute Gasteiger partial charge is 0.219 e. The van der Waals surface area contributed by atoms with Gasteiger partial charge in [0.25, 0.3) is 0 Å². The Labute approximate surface area is 207 Å². The van der Waals surface area contributed by atoms with Crippen molar-refractivity contribution in [1.82, 2.24) is 15.2 Å². The van der Waals surface area contributed by atoms with E-state index in [0.717, 1.165) is 5.56 Å². The van der Waals surface area contributed by atoms with Gasteiger partial charge >= 0.3 is 0 Å². The van der Waals surface area contributed by atoms with Gasteiger partial charge in [0.2, 0.25) is 5.88 Å². The summed E-state index contributed by atoms with van der Waals surface area (Å²) in [6.07, 6.45) is 1.74. The monoisotopic (exact) mass is 574 g/mol. The molecule has 32 heavy (non-hydrogen) atoms. The van der Waals surface area contributed by atoms with Gasteiger partial charge in [-0.3, -0.25) is 4.99 Å². The van der Waals surface area contributed by atoms with E-state index < -0.39 is 14.6 Å². The highest BCUT2D eigenvalue weighted by atomic mass is 127. The first-order valence-corrected chi connectivity index (χ1v) is 11.9. The number of aliphatic imine (C=N–C) groups is 1. The number of hydrogen-bond acceptors (Lipinski definition) is 6. The van der Waals surface area contributed by atoms with E-state index in [1.807, 2.05) is 42.2 Å². The van der Waals surface area contributed by atoms with Gasteiger partial charge in [-0.2, -0.15) is 0 Å². The lowest BCUT2D eigenvalue weighted by Gasteiger charge is -2.39. The van der Waals surface area contributed by atoms with Crippen LogP contribution in [0, 0.1) is 0 Å². The Bertz CT molecular complexity index is 1030. The Kier molecular flexibility index (Phi) is 9.14. The third-order valence-electron chi connectivity index (χ3n) is 5.17. The summed E-state index contributed by atoms with van der Waals surface area (Å²) in [5.41, 5.74) is 0.954. The van der Waals surface area contributed by atoms with Crippen LogP contribution in [0.4, 0.5) is 0 Å². The van der Waals surface area contributed by atoms with Crippen LogP contribution < -0.4 is 14.8 Å². The molecule has 1 fully saturated rings. The molecule has 1 saturated heterocycles. The number of pyridine rings is 1. The van der Waals surface area contributed by atoms with Crippen LogP contribution in [-0.2, 0) is 16.4 Å². The highest BCUT2D eigenvalue weighted by Gasteiger charge is 2.40. The first-order valence-electron chi connectivity index (χ1n) is 10.3. The molecule has 1 N–H and O–H groups in total. The summed E-state index contributed by atoms with van der Waals surface area (Å²) >= 11 is 0. The summed E-state index contributed by atoms with van der Waals surface area (Å²) in [6.45, 7) is 7.34. The predicted octanol–water partition coefficient (Wildman–Crippen LogP) is 3.48. The van der Waals surface area contributed by atoms with Crippen molar-refractivity contribution < 1.29 is 17.9 Å². The first kappa shape index (κ1) is 26.2. The van der Waals surface area contributed by atoms with Crippen molar-refractivity contribution in [2.75, 3.05) is 32.5 Å². The summed E-state index contributed by atoms with van der Waals surface area (Å²) < 4.78 is 35.1. The summed E-state index contributed by atoms with van der Waals surface area (Å²) in [7, 11) is -1.40. The van der Waals surface area contributed by atoms with Crippen LogP contribution in [0.2, 0.25) is 0 Å². The second kappa shape index (κ2) is 11.2. The zero-order valence-electron chi connectivity index (χ0n) is 18.9. The minimum Gasteiger partial charge on any atom is -0.490 e. The van der Waals surface area contributed by atoms with Gasteiger partial charge in [0.05, 0.1) is 17.1 Å². The van der Waals surface area contributed by atoms with E-state index in [2.05, 4.69) is 15.3 Å². The predicted molar refractivity (Wildman–Crippen MR) is 137 cm³/mol. The molecule has 0 spiro atoms. The molecule has 2 heterocycles. The second-order valence-corrected chi connectivity index (χ2v) is 10.6. The van der Waals surface area contributed by atoms with Gasteiger partial charge in [-0.05, 0) is 38.5 Å². The number of sulfone groups is 1. The number of hydrogen-bond donors (Lipinski definition) is 1. The number of rotatable bonds is 6. The molecule has 3 rings (SSSR count). The van der Waals surface area contributed by atoms with Crippen LogP contribution in [-0.4, -0.2) is 61.5 Å². The molecule has 176 valence electrons. The molecule has 0 bridgehead atoms. The van der Waals surface area contributed by atoms with Crippen molar-refractivity contribution in [3.05, 3.63) is 48.2 Å². The van der Waals surface area contributed by atoms with Crippen molar-refractivity contribution in [1.29, 1.82) is 0 Å². The lowest BCUT2D eigenvalue weighted by atomic mass is 10.2. The van der Waals surface area contributed by atoms with Gasteiger partial charge in [-0.15, -0.1) is 24.0 Å². The maximum absolute atomic E-state index is 12.2. The molecular weight excluding hydrogens is 543 g/mol. The van der Waals surface area contributed by atoms with E-state index in [1.54, 1.807) is 33.2 Å². The van der Waals surface area contributed by atoms with E-state index in [1.165, 1.54) is 0 Å². The third-order valence-corrected chi connectivity index (χ3v) is 7.70. The molecule has 0 saturated carbocycles. The Balaban J connectivity index is 0.00000363. The number of aromatic nitrogens is 1. The molecular formula is C22H31IN4O4S. The van der Waals surface area contributed by atoms with Crippen molar-refractivity contribution in [3.8, 4) is 17.4 Å². The van der Waals surface area contributed by atoms with Crippen molar-refractivity contribution >= 4 is 39.8 Å². The summed E-state index contributed by atoms with van der Waals surface area (Å²) in [4.78, 5) is 10.7. The van der Waals surface area contributed by atoms with Gasteiger partial charge in [-0.1, -0.05) is 18.2 Å². The molecule has 1 aliphatic heterocycles. The van der Waals surface area contributed by atoms with Crippen LogP contribution in [0.25, 0.3) is 0 Å². The van der Waals surface area contributed by atoms with Gasteiger partial charge in [0.1, 0.15) is 0 Å². The number of ether oxygens (including phenoxy) is 2. The van der Waals surface area contributed by atoms with Gasteiger partial charge in [0.15, 0.2) is 27.3 Å². The average Bonchev–Trinajstić information content (AvgIpc) is 2.74. The molecule has 0 radical (unpaired) electrons. The lowest BCUT2D eigenvalue weighted by Crippen LogP contribution is -2.57. The quantitative estimate of drug-likeness (QED) is 0.321. The highest BCUT2D eigenvalue weighted by molar-refractivity contribution is 14.0. The van der Waals surface area contributed by atoms with Crippen LogP contribution in [0.5, 0.6) is 17.4 Å². The SMILES string of the molecule is CCOc1ccccc1Oc1ccc(CNC(=NC)N2CCS(=O)(=O)C(C)(C)C2)cn1.I. The molecule has 0 unspecified atom stereocenters. The highest BCUT2D eigenvalue weighted by Crippen LogP contribution is 2.30. The fourth-order valence-corrected chi connectivity index (χ4v) is 4.70. The molecule has 1 aromatic carbocycles.